The number of aliphatic hydroxyl groups excluding tert-OH is 1. The van der Waals surface area contributed by atoms with Crippen LogP contribution in [0.5, 0.6) is 0 Å². The Bertz CT molecular complexity index is 930. The van der Waals surface area contributed by atoms with Crippen molar-refractivity contribution in [3.63, 3.8) is 0 Å². The topological polar surface area (TPSA) is 94.5 Å². The van der Waals surface area contributed by atoms with Gasteiger partial charge in [-0.1, -0.05) is 42.5 Å². The van der Waals surface area contributed by atoms with Crippen LogP contribution in [-0.2, 0) is 18.9 Å². The third kappa shape index (κ3) is 2.96. The van der Waals surface area contributed by atoms with Crippen LogP contribution in [0.4, 0.5) is 0 Å². The highest BCUT2D eigenvalue weighted by molar-refractivity contribution is 6.21. The molecule has 0 saturated carbocycles. The van der Waals surface area contributed by atoms with E-state index in [1.807, 2.05) is 30.3 Å². The van der Waals surface area contributed by atoms with E-state index in [0.29, 0.717) is 11.1 Å². The molecule has 6 unspecified atom stereocenters. The maximum atomic E-state index is 13.0. The molecule has 6 atom stereocenters. The van der Waals surface area contributed by atoms with Crippen molar-refractivity contribution in [1.82, 2.24) is 4.90 Å². The Labute approximate surface area is 172 Å². The molecule has 0 aromatic heterocycles. The second-order valence-electron chi connectivity index (χ2n) is 7.46. The quantitative estimate of drug-likeness (QED) is 0.765. The van der Waals surface area contributed by atoms with Gasteiger partial charge in [0.1, 0.15) is 24.4 Å². The average Bonchev–Trinajstić information content (AvgIpc) is 3.04. The molecule has 30 heavy (non-hydrogen) atoms. The fourth-order valence-electron chi connectivity index (χ4n) is 4.31. The van der Waals surface area contributed by atoms with Gasteiger partial charge in [0, 0.05) is 12.7 Å². The Balaban J connectivity index is 1.45. The van der Waals surface area contributed by atoms with Gasteiger partial charge in [-0.15, -0.1) is 0 Å². The molecule has 2 amide bonds. The fourth-order valence-corrected chi connectivity index (χ4v) is 4.31. The van der Waals surface area contributed by atoms with Gasteiger partial charge in [-0.2, -0.15) is 0 Å². The Morgan fingerprint density at radius 3 is 2.23 bits per heavy atom. The largest absolute Gasteiger partial charge is 0.388 e. The lowest BCUT2D eigenvalue weighted by atomic mass is 9.94. The number of ether oxygens (including phenoxy) is 4. The Hall–Kier alpha value is -2.62. The molecule has 8 heteroatoms. The normalized spacial score (nSPS) is 33.3. The van der Waals surface area contributed by atoms with Crippen LogP contribution in [0.15, 0.2) is 54.6 Å². The molecule has 2 fully saturated rings. The van der Waals surface area contributed by atoms with Crippen LogP contribution < -0.4 is 0 Å². The molecule has 0 aliphatic carbocycles. The summed E-state index contributed by atoms with van der Waals surface area (Å²) in [5.41, 5.74) is 1.39. The first kappa shape index (κ1) is 19.3. The van der Waals surface area contributed by atoms with E-state index in [9.17, 15) is 14.7 Å². The predicted octanol–water partition coefficient (Wildman–Crippen LogP) is 1.50. The van der Waals surface area contributed by atoms with Crippen LogP contribution in [0.2, 0.25) is 0 Å². The summed E-state index contributed by atoms with van der Waals surface area (Å²) in [4.78, 5) is 27.0. The number of amides is 2. The van der Waals surface area contributed by atoms with Crippen molar-refractivity contribution in [3.05, 3.63) is 71.3 Å². The minimum atomic E-state index is -1.22. The lowest BCUT2D eigenvalue weighted by Crippen LogP contribution is -2.67. The highest BCUT2D eigenvalue weighted by atomic mass is 16.7. The average molecular weight is 411 g/mol. The standard InChI is InChI=1S/C22H21NO7/c1-27-22-16(23-19(25)13-9-5-6-10-14(13)20(23)26)17(24)18-15(29-22)11-28-21(30-18)12-7-3-2-4-8-12/h2-10,15-18,21-22,24H,11H2,1H3. The summed E-state index contributed by atoms with van der Waals surface area (Å²) in [6.45, 7) is 0.177. The molecule has 2 saturated heterocycles. The number of hydrogen-bond acceptors (Lipinski definition) is 7. The molecule has 2 aromatic rings. The molecule has 2 aromatic carbocycles. The number of carbonyl (C=O) groups is 2. The predicted molar refractivity (Wildman–Crippen MR) is 102 cm³/mol. The molecule has 1 N–H and O–H groups in total. The van der Waals surface area contributed by atoms with Crippen molar-refractivity contribution in [2.75, 3.05) is 13.7 Å². The van der Waals surface area contributed by atoms with Crippen LogP contribution >= 0.6 is 0 Å². The summed E-state index contributed by atoms with van der Waals surface area (Å²) in [6.07, 6.45) is -4.32. The maximum absolute atomic E-state index is 13.0. The van der Waals surface area contributed by atoms with Gasteiger partial charge in [-0.25, -0.2) is 0 Å². The Kier molecular flexibility index (Phi) is 4.88. The monoisotopic (exact) mass is 411 g/mol. The summed E-state index contributed by atoms with van der Waals surface area (Å²) in [6, 6.07) is 14.8. The van der Waals surface area contributed by atoms with Gasteiger partial charge in [-0.05, 0) is 12.1 Å². The summed E-state index contributed by atoms with van der Waals surface area (Å²) in [5, 5.41) is 11.2. The number of imide groups is 1. The van der Waals surface area contributed by atoms with Gasteiger partial charge in [-0.3, -0.25) is 14.5 Å². The van der Waals surface area contributed by atoms with E-state index in [1.165, 1.54) is 7.11 Å². The Morgan fingerprint density at radius 2 is 1.60 bits per heavy atom. The van der Waals surface area contributed by atoms with E-state index >= 15 is 0 Å². The fraction of sp³-hybridized carbons (Fsp3) is 0.364. The van der Waals surface area contributed by atoms with Crippen LogP contribution in [-0.4, -0.2) is 66.2 Å². The first-order valence-corrected chi connectivity index (χ1v) is 9.75. The minimum absolute atomic E-state index is 0.177. The first-order valence-electron chi connectivity index (χ1n) is 9.75. The van der Waals surface area contributed by atoms with E-state index in [1.54, 1.807) is 24.3 Å². The zero-order valence-corrected chi connectivity index (χ0v) is 16.2. The zero-order valence-electron chi connectivity index (χ0n) is 16.2. The minimum Gasteiger partial charge on any atom is -0.388 e. The molecule has 0 radical (unpaired) electrons. The van der Waals surface area contributed by atoms with Crippen LogP contribution in [0, 0.1) is 0 Å². The molecule has 5 rings (SSSR count). The number of fused-ring (bicyclic) bond motifs is 2. The second kappa shape index (κ2) is 7.57. The van der Waals surface area contributed by atoms with Crippen LogP contribution in [0.25, 0.3) is 0 Å². The SMILES string of the molecule is COC1OC2COC(c3ccccc3)OC2C(O)C1N1C(=O)c2ccccc2C1=O. The third-order valence-corrected chi connectivity index (χ3v) is 5.76. The van der Waals surface area contributed by atoms with Crippen molar-refractivity contribution in [2.45, 2.75) is 36.9 Å². The van der Waals surface area contributed by atoms with Crippen molar-refractivity contribution >= 4 is 11.8 Å². The van der Waals surface area contributed by atoms with Crippen molar-refractivity contribution in [1.29, 1.82) is 0 Å². The molecule has 3 aliphatic heterocycles. The summed E-state index contributed by atoms with van der Waals surface area (Å²) < 4.78 is 23.1. The molecule has 0 spiro atoms. The molecule has 8 nitrogen and oxygen atoms in total. The number of methoxy groups -OCH3 is 1. The summed E-state index contributed by atoms with van der Waals surface area (Å²) in [7, 11) is 1.40. The van der Waals surface area contributed by atoms with Crippen molar-refractivity contribution in [3.8, 4) is 0 Å². The first-order chi connectivity index (χ1) is 14.6. The molecular formula is C22H21NO7. The summed E-state index contributed by atoms with van der Waals surface area (Å²) >= 11 is 0. The smallest absolute Gasteiger partial charge is 0.262 e. The van der Waals surface area contributed by atoms with E-state index in [4.69, 9.17) is 18.9 Å². The van der Waals surface area contributed by atoms with Crippen molar-refractivity contribution in [2.24, 2.45) is 0 Å². The van der Waals surface area contributed by atoms with E-state index in [2.05, 4.69) is 0 Å². The van der Waals surface area contributed by atoms with Gasteiger partial charge in [0.25, 0.3) is 11.8 Å². The molecule has 3 aliphatic rings. The van der Waals surface area contributed by atoms with Gasteiger partial charge < -0.3 is 24.1 Å². The lowest BCUT2D eigenvalue weighted by molar-refractivity contribution is -0.346. The van der Waals surface area contributed by atoms with E-state index in [-0.39, 0.29) is 6.61 Å². The molecule has 0 bridgehead atoms. The maximum Gasteiger partial charge on any atom is 0.262 e. The Morgan fingerprint density at radius 1 is 0.967 bits per heavy atom. The highest BCUT2D eigenvalue weighted by Gasteiger charge is 2.55. The van der Waals surface area contributed by atoms with Crippen LogP contribution in [0.1, 0.15) is 32.6 Å². The third-order valence-electron chi connectivity index (χ3n) is 5.76. The number of rotatable bonds is 3. The molecule has 3 heterocycles. The van der Waals surface area contributed by atoms with E-state index in [0.717, 1.165) is 10.5 Å². The van der Waals surface area contributed by atoms with Crippen LogP contribution in [0.3, 0.4) is 0 Å². The second-order valence-corrected chi connectivity index (χ2v) is 7.46. The van der Waals surface area contributed by atoms with Gasteiger partial charge >= 0.3 is 0 Å². The van der Waals surface area contributed by atoms with Crippen molar-refractivity contribution < 1.29 is 33.6 Å². The zero-order chi connectivity index (χ0) is 20.8. The lowest BCUT2D eigenvalue weighted by Gasteiger charge is -2.49. The molecule has 156 valence electrons. The number of carbonyl (C=O) groups excluding carboxylic acids is 2. The van der Waals surface area contributed by atoms with Gasteiger partial charge in [0.2, 0.25) is 0 Å². The number of aliphatic hydroxyl groups is 1. The number of nitrogens with zero attached hydrogens (tertiary/aromatic N) is 1. The summed E-state index contributed by atoms with van der Waals surface area (Å²) in [5.74, 6) is -0.981. The number of hydrogen-bond donors (Lipinski definition) is 1. The molecular weight excluding hydrogens is 390 g/mol. The highest BCUT2D eigenvalue weighted by Crippen LogP contribution is 2.38. The van der Waals surface area contributed by atoms with Gasteiger partial charge in [0.05, 0.1) is 17.7 Å². The number of benzene rings is 2. The van der Waals surface area contributed by atoms with Gasteiger partial charge in [0.15, 0.2) is 12.6 Å². The van der Waals surface area contributed by atoms with E-state index < -0.39 is 48.7 Å².